The second kappa shape index (κ2) is 57.4. The van der Waals surface area contributed by atoms with E-state index in [1.54, 1.807) is 145 Å². The first kappa shape index (κ1) is 108. The van der Waals surface area contributed by atoms with Crippen LogP contribution in [0.15, 0.2) is 160 Å². The van der Waals surface area contributed by atoms with Gasteiger partial charge in [0.25, 0.3) is 0 Å². The van der Waals surface area contributed by atoms with Gasteiger partial charge in [0.05, 0.1) is 142 Å². The SMILES string of the molecule is COc1cc(C2CCC(c3cc(OC)c(OC)c(OC)c3)O2)cc(CNN(C)O)c1OCCCSc1ccc(Cl)cc1.COc1cc(C2CCC(c3cc(OC)c(OC)c(OC)c3)O2)cc(CNN(C)O)c1OCCCSc1ccc(F)cc1.COc1cc(C2CCC(c3cc(OC)c(OC)c(OC)c3)O2)cc(CNN(C)O)c1OCCSc1ccc(F)cc1.[C-]#[O+].[C-]#[O+].[C-]#[O+]. The molecule has 3 aliphatic heterocycles. The van der Waals surface area contributed by atoms with Gasteiger partial charge in [0.2, 0.25) is 17.2 Å². The van der Waals surface area contributed by atoms with Crippen LogP contribution in [0.4, 0.5) is 8.78 Å². The third-order valence-electron chi connectivity index (χ3n) is 20.6. The minimum absolute atomic E-state index is 0.145. The molecule has 3 aliphatic rings. The topological polar surface area (TPSA) is 332 Å². The molecular formula is C95H115ClF2N6O24S3. The van der Waals surface area contributed by atoms with Crippen LogP contribution in [0.3, 0.4) is 0 Å². The summed E-state index contributed by atoms with van der Waals surface area (Å²) in [6.45, 7) is 15.9. The van der Waals surface area contributed by atoms with Crippen molar-refractivity contribution in [1.82, 2.24) is 31.8 Å². The van der Waals surface area contributed by atoms with Crippen LogP contribution in [0.5, 0.6) is 86.2 Å². The van der Waals surface area contributed by atoms with Crippen LogP contribution in [0.1, 0.15) is 138 Å². The summed E-state index contributed by atoms with van der Waals surface area (Å²) < 4.78 is 154. The summed E-state index contributed by atoms with van der Waals surface area (Å²) in [4.78, 5) is 3.13. The van der Waals surface area contributed by atoms with Gasteiger partial charge in [0.15, 0.2) is 69.0 Å². The summed E-state index contributed by atoms with van der Waals surface area (Å²) in [5, 5.41) is 32.7. The number of halogens is 3. The molecule has 30 nitrogen and oxygen atoms in total. The van der Waals surface area contributed by atoms with E-state index in [9.17, 15) is 24.4 Å². The Morgan fingerprint density at radius 1 is 0.328 bits per heavy atom. The third-order valence-corrected chi connectivity index (χ3v) is 24.0. The first-order chi connectivity index (χ1) is 63.6. The fourth-order valence-corrected chi connectivity index (χ4v) is 17.0. The monoisotopic (exact) mass is 1890 g/mol. The van der Waals surface area contributed by atoms with Crippen LogP contribution in [0.25, 0.3) is 0 Å². The predicted molar refractivity (Wildman–Crippen MR) is 488 cm³/mol. The van der Waals surface area contributed by atoms with E-state index in [0.717, 1.165) is 143 Å². The van der Waals surface area contributed by atoms with Crippen LogP contribution < -0.4 is 87.3 Å². The van der Waals surface area contributed by atoms with E-state index in [0.29, 0.717) is 131 Å². The van der Waals surface area contributed by atoms with Crippen molar-refractivity contribution < 1.29 is 124 Å². The number of methoxy groups -OCH3 is 12. The Bertz CT molecular complexity index is 4740. The number of ether oxygens (including phenoxy) is 18. The van der Waals surface area contributed by atoms with Gasteiger partial charge in [0, 0.05) is 94.4 Å². The van der Waals surface area contributed by atoms with Crippen molar-refractivity contribution in [2.45, 2.75) is 122 Å². The zero-order valence-electron chi connectivity index (χ0n) is 76.0. The number of benzene rings is 9. The molecule has 0 aromatic heterocycles. The fourth-order valence-electron chi connectivity index (χ4n) is 14.5. The Hall–Kier alpha value is -10.1. The molecule has 3 fully saturated rings. The zero-order valence-corrected chi connectivity index (χ0v) is 79.2. The molecule has 0 saturated carbocycles. The molecule has 3 heterocycles. The van der Waals surface area contributed by atoms with Crippen molar-refractivity contribution in [2.24, 2.45) is 0 Å². The van der Waals surface area contributed by atoms with Gasteiger partial charge in [-0.05, 0) is 230 Å². The fraction of sp³-hybridized carbons (Fsp3) is 0.400. The molecule has 0 bridgehead atoms. The summed E-state index contributed by atoms with van der Waals surface area (Å²) in [7, 11) is 23.7. The normalized spacial score (nSPS) is 15.8. The van der Waals surface area contributed by atoms with Gasteiger partial charge in [-0.1, -0.05) is 11.6 Å². The average molecular weight is 1890 g/mol. The second-order valence-corrected chi connectivity index (χ2v) is 32.8. The standard InChI is InChI=1S/C31H39ClN2O7S.C31H39FN2O7S.C30H37FN2O7S.3CO/c2*1-34(35)33-19-22-15-20(16-27(36-2)30(22)40-13-6-14-42-24-9-7-23(32)8-10-24)25-11-12-26(41-25)21-17-28(37-3)31(39-5)29(18-21)38-4;1-33(34)32-18-21-14-19(15-26(35-2)29(21)39-12-13-41-23-8-6-22(31)7-9-23)24-10-11-25(40-24)20-16-27(36-3)30(38-5)28(17-20)37-4;3*1-2/h2*7-10,15-18,25-26,33,35H,6,11-14,19H2,1-5H3;6-9,14-17,24-25,32,34H,10-13,18H2,1-5H3;;;. The van der Waals surface area contributed by atoms with Crippen molar-refractivity contribution in [2.75, 3.05) is 144 Å². The summed E-state index contributed by atoms with van der Waals surface area (Å²) >= 11 is 11.0. The Balaban J connectivity index is 0.000000261. The van der Waals surface area contributed by atoms with Crippen LogP contribution >= 0.6 is 46.9 Å². The van der Waals surface area contributed by atoms with Gasteiger partial charge in [0.1, 0.15) is 11.6 Å². The van der Waals surface area contributed by atoms with Crippen LogP contribution in [-0.4, -0.2) is 175 Å². The Labute approximate surface area is 782 Å². The van der Waals surface area contributed by atoms with Crippen molar-refractivity contribution >= 4 is 46.9 Å². The quantitative estimate of drug-likeness (QED) is 0.00679. The van der Waals surface area contributed by atoms with Gasteiger partial charge in [-0.25, -0.2) is 25.1 Å². The molecule has 6 N–H and O–H groups in total. The third kappa shape index (κ3) is 31.8. The Kier molecular flexibility index (Phi) is 47.3. The number of nitrogens with zero attached hydrogens (tertiary/aromatic N) is 3. The number of nitrogens with one attached hydrogen (secondary N) is 3. The molecule has 708 valence electrons. The van der Waals surface area contributed by atoms with Gasteiger partial charge in [-0.3, -0.25) is 15.6 Å². The molecule has 0 spiro atoms. The number of rotatable bonds is 44. The molecule has 9 aromatic rings. The molecule has 0 radical (unpaired) electrons. The maximum atomic E-state index is 13.2. The van der Waals surface area contributed by atoms with Crippen LogP contribution in [0, 0.1) is 31.6 Å². The summed E-state index contributed by atoms with van der Waals surface area (Å²) in [6, 6.07) is 44.2. The molecule has 6 atom stereocenters. The summed E-state index contributed by atoms with van der Waals surface area (Å²) in [6.07, 6.45) is 5.50. The van der Waals surface area contributed by atoms with Gasteiger partial charge in [-0.15, -0.1) is 50.8 Å². The minimum atomic E-state index is -0.262. The molecule has 36 heteroatoms. The molecule has 9 aromatic carbocycles. The van der Waals surface area contributed by atoms with E-state index in [1.165, 1.54) is 50.3 Å². The molecular weight excluding hydrogens is 1780 g/mol. The van der Waals surface area contributed by atoms with E-state index in [2.05, 4.69) is 42.3 Å². The molecule has 6 unspecified atom stereocenters. The van der Waals surface area contributed by atoms with Crippen molar-refractivity contribution in [3.05, 3.63) is 232 Å². The number of hydrogen-bond donors (Lipinski definition) is 6. The molecule has 12 rings (SSSR count). The van der Waals surface area contributed by atoms with Gasteiger partial charge in [-0.2, -0.15) is 0 Å². The molecule has 0 amide bonds. The average Bonchev–Trinajstić information content (AvgIpc) is 1.79. The maximum absolute atomic E-state index is 13.2. The van der Waals surface area contributed by atoms with Crippen LogP contribution in [0.2, 0.25) is 5.02 Å². The molecule has 131 heavy (non-hydrogen) atoms. The van der Waals surface area contributed by atoms with E-state index in [-0.39, 0.29) is 48.3 Å². The number of hydroxylamine groups is 3. The molecule has 0 aliphatic carbocycles. The first-order valence-corrected chi connectivity index (χ1v) is 44.5. The van der Waals surface area contributed by atoms with E-state index < -0.39 is 0 Å². The number of hydrogen-bond acceptors (Lipinski definition) is 30. The van der Waals surface area contributed by atoms with Gasteiger partial charge < -0.3 is 85.3 Å². The molecule has 3 saturated heterocycles. The van der Waals surface area contributed by atoms with E-state index in [1.807, 2.05) is 91.0 Å². The predicted octanol–water partition coefficient (Wildman–Crippen LogP) is 19.0. The van der Waals surface area contributed by atoms with Crippen LogP contribution in [-0.2, 0) is 47.8 Å². The number of thioether (sulfide) groups is 3. The zero-order chi connectivity index (χ0) is 95.5. The van der Waals surface area contributed by atoms with Crippen molar-refractivity contribution in [3.8, 4) is 86.2 Å². The number of hydrazine groups is 3. The van der Waals surface area contributed by atoms with Gasteiger partial charge >= 0.3 is 33.9 Å². The van der Waals surface area contributed by atoms with Crippen molar-refractivity contribution in [1.29, 1.82) is 0 Å². The first-order valence-electron chi connectivity index (χ1n) is 41.2. The Morgan fingerprint density at radius 3 is 0.771 bits per heavy atom. The summed E-state index contributed by atoms with van der Waals surface area (Å²) in [5.41, 5.74) is 17.0. The Morgan fingerprint density at radius 2 is 0.542 bits per heavy atom. The van der Waals surface area contributed by atoms with E-state index in [4.69, 9.17) is 111 Å². The second-order valence-electron chi connectivity index (χ2n) is 28.8. The summed E-state index contributed by atoms with van der Waals surface area (Å²) in [5.74, 6) is 10.6. The van der Waals surface area contributed by atoms with E-state index >= 15 is 0 Å². The van der Waals surface area contributed by atoms with Crippen molar-refractivity contribution in [3.63, 3.8) is 0 Å².